The van der Waals surface area contributed by atoms with Gasteiger partial charge in [-0.05, 0) is 56.2 Å². The Morgan fingerprint density at radius 1 is 1.13 bits per heavy atom. The van der Waals surface area contributed by atoms with E-state index in [1.165, 1.54) is 0 Å². The van der Waals surface area contributed by atoms with Crippen molar-refractivity contribution in [3.63, 3.8) is 0 Å². The molecule has 0 spiro atoms. The number of carbonyl (C=O) groups excluding carboxylic acids is 1. The van der Waals surface area contributed by atoms with E-state index in [9.17, 15) is 13.2 Å². The van der Waals surface area contributed by atoms with Gasteiger partial charge in [0.2, 0.25) is 10.0 Å². The molecule has 0 bridgehead atoms. The number of H-pyrrole nitrogens is 1. The van der Waals surface area contributed by atoms with E-state index < -0.39 is 15.6 Å². The number of benzene rings is 1. The normalized spacial score (nSPS) is 11.5. The average molecular weight is 432 g/mol. The molecule has 0 saturated heterocycles. The first-order valence-corrected chi connectivity index (χ1v) is 11.7. The number of sulfonamides is 1. The molecule has 0 unspecified atom stereocenters. The highest BCUT2D eigenvalue weighted by Gasteiger charge is 2.18. The fraction of sp³-hybridized carbons (Fsp3) is 0.364. The van der Waals surface area contributed by atoms with Gasteiger partial charge in [0.1, 0.15) is 11.2 Å². The van der Waals surface area contributed by atoms with Crippen molar-refractivity contribution in [2.75, 3.05) is 11.0 Å². The summed E-state index contributed by atoms with van der Waals surface area (Å²) in [6.45, 7) is 9.49. The Morgan fingerprint density at radius 3 is 2.33 bits per heavy atom. The SMILES string of the molecule is CC.CC(C)(C)OC(=O)Cc1cc2c(-c3ccc(NS(C)(=O)=O)cc3)ccnc2[nH]1. The van der Waals surface area contributed by atoms with Gasteiger partial charge in [-0.2, -0.15) is 0 Å². The molecule has 3 aromatic rings. The zero-order valence-corrected chi connectivity index (χ0v) is 19.1. The van der Waals surface area contributed by atoms with Crippen LogP contribution in [0.3, 0.4) is 0 Å². The van der Waals surface area contributed by atoms with Gasteiger partial charge in [-0.3, -0.25) is 9.52 Å². The second-order valence-corrected chi connectivity index (χ2v) is 9.38. The number of pyridine rings is 1. The van der Waals surface area contributed by atoms with Gasteiger partial charge < -0.3 is 9.72 Å². The zero-order chi connectivity index (χ0) is 22.5. The summed E-state index contributed by atoms with van der Waals surface area (Å²) in [5.74, 6) is -0.309. The summed E-state index contributed by atoms with van der Waals surface area (Å²) in [5, 5.41) is 0.880. The highest BCUT2D eigenvalue weighted by molar-refractivity contribution is 7.92. The van der Waals surface area contributed by atoms with Crippen LogP contribution in [0.5, 0.6) is 0 Å². The fourth-order valence-electron chi connectivity index (χ4n) is 2.89. The Balaban J connectivity index is 0.00000155. The largest absolute Gasteiger partial charge is 0.460 e. The van der Waals surface area contributed by atoms with Crippen LogP contribution < -0.4 is 4.72 Å². The molecule has 0 radical (unpaired) electrons. The van der Waals surface area contributed by atoms with Gasteiger partial charge in [0.15, 0.2) is 0 Å². The van der Waals surface area contributed by atoms with Gasteiger partial charge in [-0.1, -0.05) is 26.0 Å². The number of nitrogens with one attached hydrogen (secondary N) is 2. The second-order valence-electron chi connectivity index (χ2n) is 7.63. The Labute approximate surface area is 177 Å². The molecule has 0 atom stereocenters. The molecule has 0 fully saturated rings. The minimum atomic E-state index is -3.32. The standard InChI is InChI=1S/C20H23N3O4S.C2H6/c1-20(2,3)27-18(24)12-15-11-17-16(9-10-21-19(17)22-15)13-5-7-14(8-6-13)23-28(4,25)26;1-2/h5-11,23H,12H2,1-4H3,(H,21,22);1-2H3. The van der Waals surface area contributed by atoms with E-state index in [1.807, 2.05) is 58.9 Å². The van der Waals surface area contributed by atoms with E-state index in [-0.39, 0.29) is 12.4 Å². The predicted molar refractivity (Wildman–Crippen MR) is 121 cm³/mol. The number of anilines is 1. The van der Waals surface area contributed by atoms with Gasteiger partial charge in [0.05, 0.1) is 12.7 Å². The molecule has 3 rings (SSSR count). The minimum Gasteiger partial charge on any atom is -0.460 e. The van der Waals surface area contributed by atoms with Crippen molar-refractivity contribution in [3.8, 4) is 11.1 Å². The lowest BCUT2D eigenvalue weighted by Crippen LogP contribution is -2.24. The number of carbonyl (C=O) groups is 1. The van der Waals surface area contributed by atoms with Gasteiger partial charge >= 0.3 is 5.97 Å². The Kier molecular flexibility index (Phi) is 7.25. The predicted octanol–water partition coefficient (Wildman–Crippen LogP) is 4.51. The van der Waals surface area contributed by atoms with Crippen LogP contribution in [0.2, 0.25) is 0 Å². The third-order valence-corrected chi connectivity index (χ3v) is 4.45. The summed E-state index contributed by atoms with van der Waals surface area (Å²) in [4.78, 5) is 19.6. The van der Waals surface area contributed by atoms with Crippen LogP contribution >= 0.6 is 0 Å². The Bertz CT molecular complexity index is 1110. The lowest BCUT2D eigenvalue weighted by Gasteiger charge is -2.19. The average Bonchev–Trinajstić information content (AvgIpc) is 3.03. The maximum Gasteiger partial charge on any atom is 0.312 e. The number of nitrogens with zero attached hydrogens (tertiary/aromatic N) is 1. The van der Waals surface area contributed by atoms with E-state index in [2.05, 4.69) is 14.7 Å². The quantitative estimate of drug-likeness (QED) is 0.579. The van der Waals surface area contributed by atoms with Gasteiger partial charge in [-0.25, -0.2) is 13.4 Å². The molecule has 30 heavy (non-hydrogen) atoms. The Hall–Kier alpha value is -2.87. The fourth-order valence-corrected chi connectivity index (χ4v) is 3.46. The number of hydrogen-bond donors (Lipinski definition) is 2. The molecule has 0 aliphatic rings. The summed E-state index contributed by atoms with van der Waals surface area (Å²) in [5.41, 5.74) is 3.20. The molecule has 0 saturated carbocycles. The maximum atomic E-state index is 12.1. The number of ether oxygens (including phenoxy) is 1. The number of hydrogen-bond acceptors (Lipinski definition) is 5. The Morgan fingerprint density at radius 2 is 1.77 bits per heavy atom. The van der Waals surface area contributed by atoms with Crippen LogP contribution in [0.4, 0.5) is 5.69 Å². The first kappa shape index (κ1) is 23.4. The van der Waals surface area contributed by atoms with Crippen LogP contribution in [0.15, 0.2) is 42.6 Å². The molecular formula is C22H29N3O4S. The summed E-state index contributed by atoms with van der Waals surface area (Å²) in [6, 6.07) is 10.9. The zero-order valence-electron chi connectivity index (χ0n) is 18.2. The number of fused-ring (bicyclic) bond motifs is 1. The van der Waals surface area contributed by atoms with E-state index in [4.69, 9.17) is 4.74 Å². The van der Waals surface area contributed by atoms with E-state index in [1.54, 1.807) is 18.3 Å². The summed E-state index contributed by atoms with van der Waals surface area (Å²) >= 11 is 0. The molecule has 2 heterocycles. The van der Waals surface area contributed by atoms with Gasteiger partial charge in [-0.15, -0.1) is 0 Å². The van der Waals surface area contributed by atoms with Crippen molar-refractivity contribution in [2.24, 2.45) is 0 Å². The highest BCUT2D eigenvalue weighted by Crippen LogP contribution is 2.29. The molecule has 0 aliphatic carbocycles. The summed E-state index contributed by atoms with van der Waals surface area (Å²) in [7, 11) is -3.32. The third-order valence-electron chi connectivity index (χ3n) is 3.84. The molecule has 1 aromatic carbocycles. The lowest BCUT2D eigenvalue weighted by atomic mass is 10.0. The number of esters is 1. The first-order chi connectivity index (χ1) is 14.0. The maximum absolute atomic E-state index is 12.1. The molecule has 162 valence electrons. The molecule has 8 heteroatoms. The van der Waals surface area contributed by atoms with Crippen LogP contribution in [0.1, 0.15) is 40.3 Å². The van der Waals surface area contributed by atoms with Crippen LogP contribution in [0, 0.1) is 0 Å². The monoisotopic (exact) mass is 431 g/mol. The first-order valence-electron chi connectivity index (χ1n) is 9.77. The van der Waals surface area contributed by atoms with Crippen molar-refractivity contribution in [1.29, 1.82) is 0 Å². The van der Waals surface area contributed by atoms with Gasteiger partial charge in [0, 0.05) is 23.0 Å². The lowest BCUT2D eigenvalue weighted by molar-refractivity contribution is -0.153. The number of rotatable bonds is 5. The van der Waals surface area contributed by atoms with E-state index in [0.717, 1.165) is 28.5 Å². The molecule has 0 aliphatic heterocycles. The van der Waals surface area contributed by atoms with E-state index in [0.29, 0.717) is 11.3 Å². The van der Waals surface area contributed by atoms with Crippen molar-refractivity contribution in [2.45, 2.75) is 46.6 Å². The number of aromatic nitrogens is 2. The summed E-state index contributed by atoms with van der Waals surface area (Å²) in [6.07, 6.45) is 2.93. The number of aromatic amines is 1. The van der Waals surface area contributed by atoms with Crippen molar-refractivity contribution < 1.29 is 17.9 Å². The second kappa shape index (κ2) is 9.30. The van der Waals surface area contributed by atoms with Crippen LogP contribution in [-0.2, 0) is 26.0 Å². The minimum absolute atomic E-state index is 0.129. The highest BCUT2D eigenvalue weighted by atomic mass is 32.2. The molecule has 2 aromatic heterocycles. The topological polar surface area (TPSA) is 101 Å². The van der Waals surface area contributed by atoms with Crippen molar-refractivity contribution >= 4 is 32.7 Å². The van der Waals surface area contributed by atoms with Gasteiger partial charge in [0.25, 0.3) is 0 Å². The van der Waals surface area contributed by atoms with Crippen LogP contribution in [0.25, 0.3) is 22.2 Å². The smallest absolute Gasteiger partial charge is 0.312 e. The molecule has 7 nitrogen and oxygen atoms in total. The molecule has 2 N–H and O–H groups in total. The molecular weight excluding hydrogens is 402 g/mol. The van der Waals surface area contributed by atoms with Crippen molar-refractivity contribution in [1.82, 2.24) is 9.97 Å². The van der Waals surface area contributed by atoms with Crippen molar-refractivity contribution in [3.05, 3.63) is 48.3 Å². The van der Waals surface area contributed by atoms with E-state index >= 15 is 0 Å². The summed E-state index contributed by atoms with van der Waals surface area (Å²) < 4.78 is 30.5. The van der Waals surface area contributed by atoms with Crippen LogP contribution in [-0.4, -0.2) is 36.2 Å². The third kappa shape index (κ3) is 6.59. The molecule has 0 amide bonds.